The van der Waals surface area contributed by atoms with Gasteiger partial charge in [0.2, 0.25) is 0 Å². The van der Waals surface area contributed by atoms with Crippen molar-refractivity contribution in [3.63, 3.8) is 0 Å². The van der Waals surface area contributed by atoms with Crippen LogP contribution in [0.1, 0.15) is 37.1 Å². The summed E-state index contributed by atoms with van der Waals surface area (Å²) in [7, 11) is 0. The molecule has 1 saturated heterocycles. The number of rotatable bonds is 2. The second-order valence-electron chi connectivity index (χ2n) is 5.93. The van der Waals surface area contributed by atoms with Crippen molar-refractivity contribution in [2.75, 3.05) is 0 Å². The van der Waals surface area contributed by atoms with Crippen LogP contribution in [0.3, 0.4) is 0 Å². The van der Waals surface area contributed by atoms with Crippen LogP contribution < -0.4 is 5.32 Å². The number of pyridine rings is 1. The maximum Gasteiger partial charge on any atom is 0.142 e. The zero-order valence-corrected chi connectivity index (χ0v) is 13.4. The lowest BCUT2D eigenvalue weighted by Gasteiger charge is -2.39. The van der Waals surface area contributed by atoms with Crippen LogP contribution in [-0.2, 0) is 4.79 Å². The third-order valence-corrected chi connectivity index (χ3v) is 4.80. The Morgan fingerprint density at radius 1 is 0.909 bits per heavy atom. The minimum absolute atomic E-state index is 0.000804. The number of benzene rings is 1. The molecule has 2 heterocycles. The molecule has 0 aliphatic carbocycles. The van der Waals surface area contributed by atoms with E-state index in [-0.39, 0.29) is 23.9 Å². The van der Waals surface area contributed by atoms with Gasteiger partial charge in [0.1, 0.15) is 5.78 Å². The molecule has 1 fully saturated rings. The highest BCUT2D eigenvalue weighted by atomic mass is 35.5. The Morgan fingerprint density at radius 3 is 1.95 bits per heavy atom. The molecule has 1 N–H and O–H groups in total. The summed E-state index contributed by atoms with van der Waals surface area (Å²) in [5.74, 6) is 0.177. The fourth-order valence-corrected chi connectivity index (χ4v) is 3.36. The lowest BCUT2D eigenvalue weighted by atomic mass is 9.76. The molecule has 2 aromatic rings. The van der Waals surface area contributed by atoms with E-state index in [1.165, 1.54) is 0 Å². The summed E-state index contributed by atoms with van der Waals surface area (Å²) in [5, 5.41) is 4.35. The highest BCUT2D eigenvalue weighted by molar-refractivity contribution is 6.30. The Kier molecular flexibility index (Phi) is 4.27. The van der Waals surface area contributed by atoms with Crippen LogP contribution in [0.5, 0.6) is 0 Å². The van der Waals surface area contributed by atoms with E-state index in [4.69, 9.17) is 11.6 Å². The van der Waals surface area contributed by atoms with Crippen molar-refractivity contribution >= 4 is 17.4 Å². The van der Waals surface area contributed by atoms with Gasteiger partial charge in [0, 0.05) is 41.3 Å². The van der Waals surface area contributed by atoms with Crippen molar-refractivity contribution in [3.8, 4) is 0 Å². The number of carbonyl (C=O) groups is 1. The number of piperidine rings is 1. The van der Waals surface area contributed by atoms with Gasteiger partial charge in [-0.05, 0) is 35.4 Å². The van der Waals surface area contributed by atoms with E-state index in [9.17, 15) is 4.79 Å². The van der Waals surface area contributed by atoms with E-state index < -0.39 is 0 Å². The molecule has 4 atom stereocenters. The van der Waals surface area contributed by atoms with Crippen LogP contribution in [0.4, 0.5) is 0 Å². The first-order valence-electron chi connectivity index (χ1n) is 7.53. The Morgan fingerprint density at radius 2 is 1.41 bits per heavy atom. The van der Waals surface area contributed by atoms with Gasteiger partial charge >= 0.3 is 0 Å². The van der Waals surface area contributed by atoms with Gasteiger partial charge in [0.05, 0.1) is 0 Å². The number of ketones is 1. The van der Waals surface area contributed by atoms with Crippen LogP contribution in [-0.4, -0.2) is 10.8 Å². The van der Waals surface area contributed by atoms with Gasteiger partial charge in [-0.1, -0.05) is 37.6 Å². The minimum Gasteiger partial charge on any atom is -0.302 e. The van der Waals surface area contributed by atoms with Crippen LogP contribution in [0.15, 0.2) is 48.8 Å². The highest BCUT2D eigenvalue weighted by Gasteiger charge is 2.39. The van der Waals surface area contributed by atoms with Crippen LogP contribution in [0.2, 0.25) is 5.02 Å². The smallest absolute Gasteiger partial charge is 0.142 e. The Labute approximate surface area is 135 Å². The normalized spacial score (nSPS) is 28.6. The van der Waals surface area contributed by atoms with E-state index in [0.717, 1.165) is 11.1 Å². The molecule has 0 radical (unpaired) electrons. The maximum absolute atomic E-state index is 12.7. The third-order valence-electron chi connectivity index (χ3n) is 4.55. The lowest BCUT2D eigenvalue weighted by Crippen LogP contribution is -2.46. The Hall–Kier alpha value is -1.71. The SMILES string of the molecule is CC1C(=O)C(C)C(c2ccc(Cl)cc2)NC1c1ccncc1. The monoisotopic (exact) mass is 314 g/mol. The predicted octanol–water partition coefficient (Wildman–Crippen LogP) is 3.96. The summed E-state index contributed by atoms with van der Waals surface area (Å²) in [4.78, 5) is 16.7. The summed E-state index contributed by atoms with van der Waals surface area (Å²) in [6.07, 6.45) is 3.53. The molecule has 1 aliphatic heterocycles. The van der Waals surface area contributed by atoms with Crippen LogP contribution in [0.25, 0.3) is 0 Å². The predicted molar refractivity (Wildman–Crippen MR) is 87.6 cm³/mol. The average Bonchev–Trinajstić information content (AvgIpc) is 2.55. The molecule has 0 bridgehead atoms. The van der Waals surface area contributed by atoms with Crippen LogP contribution >= 0.6 is 11.6 Å². The van der Waals surface area contributed by atoms with Gasteiger partial charge in [-0.3, -0.25) is 9.78 Å². The summed E-state index contributed by atoms with van der Waals surface area (Å²) >= 11 is 5.97. The van der Waals surface area contributed by atoms with Gasteiger partial charge in [-0.15, -0.1) is 0 Å². The summed E-state index contributed by atoms with van der Waals surface area (Å²) < 4.78 is 0. The first kappa shape index (κ1) is 15.2. The van der Waals surface area contributed by atoms with E-state index in [1.807, 2.05) is 50.2 Å². The number of nitrogens with one attached hydrogen (secondary N) is 1. The van der Waals surface area contributed by atoms with Crippen molar-refractivity contribution in [2.24, 2.45) is 11.8 Å². The summed E-state index contributed by atoms with van der Waals surface area (Å²) in [6.45, 7) is 3.99. The first-order valence-corrected chi connectivity index (χ1v) is 7.91. The quantitative estimate of drug-likeness (QED) is 0.912. The molecular formula is C18H19ClN2O. The summed E-state index contributed by atoms with van der Waals surface area (Å²) in [6, 6.07) is 11.7. The number of halogens is 1. The Bertz CT molecular complexity index is 657. The molecule has 1 aliphatic rings. The van der Waals surface area contributed by atoms with E-state index in [0.29, 0.717) is 10.8 Å². The second-order valence-corrected chi connectivity index (χ2v) is 6.37. The number of Topliss-reactive ketones (excluding diaryl/α,β-unsaturated/α-hetero) is 1. The molecule has 3 nitrogen and oxygen atoms in total. The number of carbonyl (C=O) groups excluding carboxylic acids is 1. The van der Waals surface area contributed by atoms with Crippen molar-refractivity contribution in [2.45, 2.75) is 25.9 Å². The zero-order valence-electron chi connectivity index (χ0n) is 12.7. The van der Waals surface area contributed by atoms with Crippen molar-refractivity contribution < 1.29 is 4.79 Å². The van der Waals surface area contributed by atoms with Crippen molar-refractivity contribution in [1.82, 2.24) is 10.3 Å². The number of hydrogen-bond acceptors (Lipinski definition) is 3. The second kappa shape index (κ2) is 6.19. The van der Waals surface area contributed by atoms with Gasteiger partial charge in [0.15, 0.2) is 0 Å². The highest BCUT2D eigenvalue weighted by Crippen LogP contribution is 2.38. The van der Waals surface area contributed by atoms with Gasteiger partial charge < -0.3 is 5.32 Å². The van der Waals surface area contributed by atoms with Gasteiger partial charge in [-0.2, -0.15) is 0 Å². The maximum atomic E-state index is 12.7. The number of nitrogens with zero attached hydrogens (tertiary/aromatic N) is 1. The molecule has 0 amide bonds. The minimum atomic E-state index is -0.0609. The topological polar surface area (TPSA) is 42.0 Å². The Balaban J connectivity index is 1.94. The van der Waals surface area contributed by atoms with Gasteiger partial charge in [0.25, 0.3) is 0 Å². The largest absolute Gasteiger partial charge is 0.302 e. The zero-order chi connectivity index (χ0) is 15.7. The standard InChI is InChI=1S/C18H19ClN2O/c1-11-16(13-3-5-15(19)6-4-13)21-17(12(2)18(11)22)14-7-9-20-10-8-14/h3-12,16-17,21H,1-2H3. The van der Waals surface area contributed by atoms with Crippen LogP contribution in [0, 0.1) is 11.8 Å². The average molecular weight is 315 g/mol. The molecule has 3 rings (SSSR count). The molecule has 114 valence electrons. The lowest BCUT2D eigenvalue weighted by molar-refractivity contribution is -0.130. The fourth-order valence-electron chi connectivity index (χ4n) is 3.24. The van der Waals surface area contributed by atoms with Crippen molar-refractivity contribution in [3.05, 3.63) is 64.9 Å². The molecule has 4 unspecified atom stereocenters. The van der Waals surface area contributed by atoms with Crippen molar-refractivity contribution in [1.29, 1.82) is 0 Å². The number of hydrogen-bond donors (Lipinski definition) is 1. The third kappa shape index (κ3) is 2.79. The molecule has 22 heavy (non-hydrogen) atoms. The molecule has 1 aromatic carbocycles. The van der Waals surface area contributed by atoms with E-state index in [1.54, 1.807) is 12.4 Å². The molecule has 4 heteroatoms. The van der Waals surface area contributed by atoms with E-state index in [2.05, 4.69) is 10.3 Å². The molecule has 0 saturated carbocycles. The van der Waals surface area contributed by atoms with E-state index >= 15 is 0 Å². The molecular weight excluding hydrogens is 296 g/mol. The first-order chi connectivity index (χ1) is 10.6. The molecule has 1 aromatic heterocycles. The summed E-state index contributed by atoms with van der Waals surface area (Å²) in [5.41, 5.74) is 2.19. The fraction of sp³-hybridized carbons (Fsp3) is 0.333. The number of aromatic nitrogens is 1. The molecule has 0 spiro atoms. The van der Waals surface area contributed by atoms with Gasteiger partial charge in [-0.25, -0.2) is 0 Å².